The number of carbonyl (C=O) groups excluding carboxylic acids is 1. The van der Waals surface area contributed by atoms with Gasteiger partial charge in [-0.25, -0.2) is 8.78 Å². The Morgan fingerprint density at radius 2 is 1.52 bits per heavy atom. The summed E-state index contributed by atoms with van der Waals surface area (Å²) in [5.41, 5.74) is 2.76. The van der Waals surface area contributed by atoms with E-state index < -0.39 is 12.8 Å². The number of nitrogens with one attached hydrogen (secondary N) is 2. The van der Waals surface area contributed by atoms with Crippen molar-refractivity contribution in [3.05, 3.63) is 54.1 Å². The first-order valence-electron chi connectivity index (χ1n) is 10.2. The Morgan fingerprint density at radius 3 is 2.21 bits per heavy atom. The smallest absolute Gasteiger partial charge is 0.224 e. The second-order valence-electron chi connectivity index (χ2n) is 7.20. The number of alkyl halides is 2. The van der Waals surface area contributed by atoms with E-state index in [1.165, 1.54) is 0 Å². The number of phenolic OH excluding ortho intramolecular Hbond substituents is 1. The van der Waals surface area contributed by atoms with Gasteiger partial charge in [-0.15, -0.1) is 0 Å². The van der Waals surface area contributed by atoms with E-state index in [9.17, 15) is 18.7 Å². The van der Waals surface area contributed by atoms with E-state index in [0.717, 1.165) is 42.6 Å². The van der Waals surface area contributed by atoms with Crippen LogP contribution in [0.1, 0.15) is 50.5 Å². The Bertz CT molecular complexity index is 721. The number of unbranched alkanes of at least 4 members (excludes halogenated alkanes) is 4. The highest BCUT2D eigenvalue weighted by atomic mass is 19.2. The second kappa shape index (κ2) is 12.8. The lowest BCUT2D eigenvalue weighted by molar-refractivity contribution is -0.116. The van der Waals surface area contributed by atoms with Crippen LogP contribution in [0.5, 0.6) is 5.75 Å². The molecule has 0 spiro atoms. The summed E-state index contributed by atoms with van der Waals surface area (Å²) in [6.45, 7) is -0.249. The maximum atomic E-state index is 12.7. The summed E-state index contributed by atoms with van der Waals surface area (Å²) in [6.07, 6.45) is 3.64. The van der Waals surface area contributed by atoms with Gasteiger partial charge in [0.15, 0.2) is 0 Å². The summed E-state index contributed by atoms with van der Waals surface area (Å²) >= 11 is 0. The van der Waals surface area contributed by atoms with Crippen molar-refractivity contribution in [3.63, 3.8) is 0 Å². The topological polar surface area (TPSA) is 61.4 Å². The van der Waals surface area contributed by atoms with Crippen molar-refractivity contribution in [3.8, 4) is 5.75 Å². The monoisotopic (exact) mass is 404 g/mol. The molecule has 0 aromatic heterocycles. The van der Waals surface area contributed by atoms with Crippen LogP contribution < -0.4 is 10.6 Å². The molecule has 1 atom stereocenters. The van der Waals surface area contributed by atoms with Crippen molar-refractivity contribution >= 4 is 17.3 Å². The molecule has 0 aliphatic heterocycles. The van der Waals surface area contributed by atoms with Crippen LogP contribution in [0.3, 0.4) is 0 Å². The maximum Gasteiger partial charge on any atom is 0.224 e. The predicted molar refractivity (Wildman–Crippen MR) is 114 cm³/mol. The van der Waals surface area contributed by atoms with Gasteiger partial charge in [0.05, 0.1) is 0 Å². The van der Waals surface area contributed by atoms with Crippen molar-refractivity contribution in [2.45, 2.75) is 57.7 Å². The molecule has 0 bridgehead atoms. The lowest BCUT2D eigenvalue weighted by atomic mass is 10.1. The van der Waals surface area contributed by atoms with Gasteiger partial charge in [0, 0.05) is 24.3 Å². The number of rotatable bonds is 13. The van der Waals surface area contributed by atoms with Gasteiger partial charge in [0.2, 0.25) is 5.91 Å². The first-order valence-corrected chi connectivity index (χ1v) is 10.2. The van der Waals surface area contributed by atoms with Gasteiger partial charge in [-0.3, -0.25) is 4.79 Å². The summed E-state index contributed by atoms with van der Waals surface area (Å²) < 4.78 is 24.7. The van der Waals surface area contributed by atoms with Gasteiger partial charge in [0.1, 0.15) is 18.6 Å². The minimum atomic E-state index is -1.32. The summed E-state index contributed by atoms with van der Waals surface area (Å²) in [4.78, 5) is 12.0. The van der Waals surface area contributed by atoms with E-state index >= 15 is 0 Å². The first kappa shape index (κ1) is 22.7. The van der Waals surface area contributed by atoms with Crippen LogP contribution in [0, 0.1) is 0 Å². The van der Waals surface area contributed by atoms with Crippen LogP contribution in [0.2, 0.25) is 0 Å². The highest BCUT2D eigenvalue weighted by Gasteiger charge is 2.05. The number of halogens is 2. The zero-order chi connectivity index (χ0) is 20.9. The van der Waals surface area contributed by atoms with Crippen molar-refractivity contribution in [1.29, 1.82) is 0 Å². The molecule has 2 aromatic carbocycles. The minimum absolute atomic E-state index is 0.0175. The fraction of sp³-hybridized carbons (Fsp3) is 0.435. The summed E-state index contributed by atoms with van der Waals surface area (Å²) in [5.74, 6) is 0.230. The zero-order valence-corrected chi connectivity index (χ0v) is 16.7. The van der Waals surface area contributed by atoms with Gasteiger partial charge in [0.25, 0.3) is 0 Å². The molecule has 0 radical (unpaired) electrons. The molecule has 3 N–H and O–H groups in total. The molecule has 6 heteroatoms. The summed E-state index contributed by atoms with van der Waals surface area (Å²) in [7, 11) is 0. The van der Waals surface area contributed by atoms with E-state index in [1.807, 2.05) is 36.4 Å². The number of hydrogen-bond donors (Lipinski definition) is 3. The van der Waals surface area contributed by atoms with E-state index in [4.69, 9.17) is 0 Å². The Balaban J connectivity index is 1.59. The average molecular weight is 405 g/mol. The number of aromatic hydroxyl groups is 1. The predicted octanol–water partition coefficient (Wildman–Crippen LogP) is 5.98. The lowest BCUT2D eigenvalue weighted by Gasteiger charge is -2.09. The Morgan fingerprint density at radius 1 is 0.897 bits per heavy atom. The number of phenols is 1. The third kappa shape index (κ3) is 9.41. The van der Waals surface area contributed by atoms with Gasteiger partial charge in [-0.1, -0.05) is 37.8 Å². The van der Waals surface area contributed by atoms with Gasteiger partial charge in [-0.05, 0) is 54.8 Å². The molecule has 0 unspecified atom stereocenters. The van der Waals surface area contributed by atoms with Crippen LogP contribution in [0.15, 0.2) is 48.5 Å². The van der Waals surface area contributed by atoms with Gasteiger partial charge in [-0.2, -0.15) is 0 Å². The molecule has 0 saturated carbocycles. The molecule has 0 aliphatic carbocycles. The Labute approximate surface area is 171 Å². The SMILES string of the molecule is O=C(CCCCCCC[C@H](F)CF)Nc1ccc(NCc2ccc(O)cc2)cc1. The van der Waals surface area contributed by atoms with Crippen LogP contribution in [0.25, 0.3) is 0 Å². The van der Waals surface area contributed by atoms with E-state index in [2.05, 4.69) is 10.6 Å². The largest absolute Gasteiger partial charge is 0.508 e. The molecule has 2 aromatic rings. The zero-order valence-electron chi connectivity index (χ0n) is 16.7. The van der Waals surface area contributed by atoms with Crippen molar-refractivity contribution in [1.82, 2.24) is 0 Å². The maximum absolute atomic E-state index is 12.7. The molecular weight excluding hydrogens is 374 g/mol. The Kier molecular flexibility index (Phi) is 9.96. The first-order chi connectivity index (χ1) is 14.1. The van der Waals surface area contributed by atoms with Gasteiger partial charge >= 0.3 is 0 Å². The summed E-state index contributed by atoms with van der Waals surface area (Å²) in [6, 6.07) is 14.6. The quantitative estimate of drug-likeness (QED) is 0.360. The molecular formula is C23H30F2N2O2. The lowest BCUT2D eigenvalue weighted by Crippen LogP contribution is -2.11. The molecule has 0 aliphatic rings. The number of benzene rings is 2. The molecule has 0 fully saturated rings. The highest BCUT2D eigenvalue weighted by molar-refractivity contribution is 5.90. The molecule has 0 heterocycles. The fourth-order valence-electron chi connectivity index (χ4n) is 2.97. The molecule has 29 heavy (non-hydrogen) atoms. The number of hydrogen-bond acceptors (Lipinski definition) is 3. The number of carbonyl (C=O) groups is 1. The third-order valence-corrected chi connectivity index (χ3v) is 4.69. The van der Waals surface area contributed by atoms with Crippen LogP contribution in [0.4, 0.5) is 20.2 Å². The summed E-state index contributed by atoms with van der Waals surface area (Å²) in [5, 5.41) is 15.5. The fourth-order valence-corrected chi connectivity index (χ4v) is 2.97. The van der Waals surface area contributed by atoms with E-state index in [1.54, 1.807) is 12.1 Å². The van der Waals surface area contributed by atoms with Gasteiger partial charge < -0.3 is 15.7 Å². The number of amides is 1. The highest BCUT2D eigenvalue weighted by Crippen LogP contribution is 2.17. The molecule has 2 rings (SSSR count). The van der Waals surface area contributed by atoms with Crippen molar-refractivity contribution < 1.29 is 18.7 Å². The van der Waals surface area contributed by atoms with E-state index in [0.29, 0.717) is 19.4 Å². The van der Waals surface area contributed by atoms with Crippen molar-refractivity contribution in [2.75, 3.05) is 17.3 Å². The molecule has 158 valence electrons. The molecule has 4 nitrogen and oxygen atoms in total. The standard InChI is InChI=1S/C23H30F2N2O2/c24-16-19(25)6-4-2-1-3-5-7-23(29)27-21-12-10-20(11-13-21)26-17-18-8-14-22(28)15-9-18/h8-15,19,26,28H,1-7,16-17H2,(H,27,29)/t19-/m0/s1. The molecule has 0 saturated heterocycles. The Hall–Kier alpha value is -2.63. The normalized spacial score (nSPS) is 11.8. The third-order valence-electron chi connectivity index (χ3n) is 4.69. The van der Waals surface area contributed by atoms with E-state index in [-0.39, 0.29) is 18.1 Å². The van der Waals surface area contributed by atoms with Crippen LogP contribution in [-0.2, 0) is 11.3 Å². The van der Waals surface area contributed by atoms with Crippen LogP contribution >= 0.6 is 0 Å². The minimum Gasteiger partial charge on any atom is -0.508 e. The van der Waals surface area contributed by atoms with Crippen LogP contribution in [-0.4, -0.2) is 23.9 Å². The second-order valence-corrected chi connectivity index (χ2v) is 7.20. The average Bonchev–Trinajstić information content (AvgIpc) is 2.73. The number of anilines is 2. The van der Waals surface area contributed by atoms with Crippen molar-refractivity contribution in [2.24, 2.45) is 0 Å². The molecule has 1 amide bonds.